The maximum absolute atomic E-state index is 12.3. The lowest BCUT2D eigenvalue weighted by molar-refractivity contribution is -0.0355. The van der Waals surface area contributed by atoms with Crippen LogP contribution in [-0.4, -0.2) is 73.4 Å². The summed E-state index contributed by atoms with van der Waals surface area (Å²) in [6, 6.07) is 0.233. The van der Waals surface area contributed by atoms with Crippen LogP contribution < -0.4 is 5.32 Å². The van der Waals surface area contributed by atoms with Gasteiger partial charge in [0.25, 0.3) is 0 Å². The number of ether oxygens (including phenoxy) is 2. The Morgan fingerprint density at radius 2 is 2.48 bits per heavy atom. The number of anilines is 1. The molecule has 2 fully saturated rings. The summed E-state index contributed by atoms with van der Waals surface area (Å²) in [6.07, 6.45) is 0. The van der Waals surface area contributed by atoms with Gasteiger partial charge in [-0.3, -0.25) is 10.2 Å². The minimum atomic E-state index is -0.0847. The number of nitrogens with one attached hydrogen (secondary N) is 1. The molecule has 1 N–H and O–H groups in total. The summed E-state index contributed by atoms with van der Waals surface area (Å²) in [5, 5.41) is 5.38. The van der Waals surface area contributed by atoms with Gasteiger partial charge in [0.2, 0.25) is 0 Å². The van der Waals surface area contributed by atoms with Gasteiger partial charge in [0, 0.05) is 38.7 Å². The average Bonchev–Trinajstić information content (AvgIpc) is 2.94. The molecule has 0 radical (unpaired) electrons. The van der Waals surface area contributed by atoms with Crippen LogP contribution >= 0.6 is 11.3 Å². The molecule has 0 unspecified atom stereocenters. The van der Waals surface area contributed by atoms with E-state index in [9.17, 15) is 4.79 Å². The molecule has 0 aliphatic carbocycles. The summed E-state index contributed by atoms with van der Waals surface area (Å²) in [6.45, 7) is 5.30. The molecule has 2 amide bonds. The molecule has 3 heterocycles. The average molecular weight is 312 g/mol. The Balaban J connectivity index is 1.55. The van der Waals surface area contributed by atoms with Crippen LogP contribution in [0.15, 0.2) is 5.38 Å². The predicted octanol–water partition coefficient (Wildman–Crippen LogP) is 0.838. The number of methoxy groups -OCH3 is 1. The van der Waals surface area contributed by atoms with Gasteiger partial charge in [-0.1, -0.05) is 0 Å². The Morgan fingerprint density at radius 1 is 1.57 bits per heavy atom. The van der Waals surface area contributed by atoms with E-state index >= 15 is 0 Å². The smallest absolute Gasteiger partial charge is 0.323 e. The van der Waals surface area contributed by atoms with Crippen molar-refractivity contribution in [1.82, 2.24) is 14.8 Å². The highest BCUT2D eigenvalue weighted by Gasteiger charge is 2.31. The summed E-state index contributed by atoms with van der Waals surface area (Å²) in [7, 11) is 1.63. The van der Waals surface area contributed by atoms with Crippen molar-refractivity contribution >= 4 is 22.5 Å². The van der Waals surface area contributed by atoms with E-state index in [4.69, 9.17) is 9.47 Å². The Bertz CT molecular complexity index is 496. The largest absolute Gasteiger partial charge is 0.378 e. The van der Waals surface area contributed by atoms with E-state index in [0.717, 1.165) is 31.9 Å². The second kappa shape index (κ2) is 6.69. The molecule has 1 aromatic heterocycles. The van der Waals surface area contributed by atoms with Crippen molar-refractivity contribution in [3.8, 4) is 0 Å². The first-order valence-electron chi connectivity index (χ1n) is 7.07. The van der Waals surface area contributed by atoms with Gasteiger partial charge < -0.3 is 14.4 Å². The molecule has 1 atom stereocenters. The van der Waals surface area contributed by atoms with Crippen LogP contribution in [0, 0.1) is 0 Å². The number of hydrogen-bond donors (Lipinski definition) is 1. The number of morpholine rings is 1. The lowest BCUT2D eigenvalue weighted by atomic mass is 10.1. The second-order valence-electron chi connectivity index (χ2n) is 5.22. The van der Waals surface area contributed by atoms with Crippen LogP contribution in [-0.2, 0) is 16.1 Å². The molecule has 3 rings (SSSR count). The fraction of sp³-hybridized carbons (Fsp3) is 0.692. The molecule has 2 aliphatic rings. The summed E-state index contributed by atoms with van der Waals surface area (Å²) < 4.78 is 10.5. The Labute approximate surface area is 127 Å². The third-order valence-electron chi connectivity index (χ3n) is 3.78. The van der Waals surface area contributed by atoms with Gasteiger partial charge in [-0.2, -0.15) is 0 Å². The van der Waals surface area contributed by atoms with E-state index in [1.165, 1.54) is 11.3 Å². The van der Waals surface area contributed by atoms with Crippen LogP contribution in [0.25, 0.3) is 0 Å². The number of nitrogens with zero attached hydrogens (tertiary/aromatic N) is 3. The number of urea groups is 1. The molecular weight excluding hydrogens is 292 g/mol. The van der Waals surface area contributed by atoms with E-state index < -0.39 is 0 Å². The van der Waals surface area contributed by atoms with Crippen LogP contribution in [0.2, 0.25) is 0 Å². The van der Waals surface area contributed by atoms with Crippen LogP contribution in [0.3, 0.4) is 0 Å². The van der Waals surface area contributed by atoms with Gasteiger partial charge in [-0.05, 0) is 0 Å². The second-order valence-corrected chi connectivity index (χ2v) is 6.08. The number of rotatable bonds is 3. The molecule has 2 aliphatic heterocycles. The minimum absolute atomic E-state index is 0.0847. The highest BCUT2D eigenvalue weighted by molar-refractivity contribution is 7.13. The molecule has 8 heteroatoms. The van der Waals surface area contributed by atoms with E-state index in [1.54, 1.807) is 7.11 Å². The standard InChI is InChI=1S/C13H20N4O3S/c1-19-7-10-9-21-12(14-10)15-13(18)17-3-2-16-4-5-20-8-11(16)6-17/h9,11H,2-8H2,1H3,(H,14,15,18)/t11-/m0/s1. The zero-order valence-corrected chi connectivity index (χ0v) is 12.9. The predicted molar refractivity (Wildman–Crippen MR) is 79.6 cm³/mol. The normalized spacial score (nSPS) is 22.9. The number of aromatic nitrogens is 1. The van der Waals surface area contributed by atoms with E-state index in [2.05, 4.69) is 15.2 Å². The number of fused-ring (bicyclic) bond motifs is 1. The maximum atomic E-state index is 12.3. The molecule has 0 aromatic carbocycles. The van der Waals surface area contributed by atoms with Gasteiger partial charge in [-0.15, -0.1) is 11.3 Å². The van der Waals surface area contributed by atoms with Crippen LogP contribution in [0.1, 0.15) is 5.69 Å². The van der Waals surface area contributed by atoms with Gasteiger partial charge >= 0.3 is 6.03 Å². The number of piperazine rings is 1. The third kappa shape index (κ3) is 3.52. The number of hydrogen-bond acceptors (Lipinski definition) is 6. The fourth-order valence-electron chi connectivity index (χ4n) is 2.68. The fourth-order valence-corrected chi connectivity index (χ4v) is 3.36. The summed E-state index contributed by atoms with van der Waals surface area (Å²) in [5.41, 5.74) is 0.836. The van der Waals surface area contributed by atoms with Gasteiger partial charge in [0.05, 0.1) is 31.6 Å². The summed E-state index contributed by atoms with van der Waals surface area (Å²) >= 11 is 1.42. The maximum Gasteiger partial charge on any atom is 0.323 e. The number of amides is 2. The Kier molecular flexibility index (Phi) is 4.69. The number of carbonyl (C=O) groups is 1. The lowest BCUT2D eigenvalue weighted by Crippen LogP contribution is -2.59. The molecule has 21 heavy (non-hydrogen) atoms. The highest BCUT2D eigenvalue weighted by Crippen LogP contribution is 2.18. The Morgan fingerprint density at radius 3 is 3.33 bits per heavy atom. The Hall–Kier alpha value is -1.22. The summed E-state index contributed by atoms with van der Waals surface area (Å²) in [5.74, 6) is 0. The molecule has 2 saturated heterocycles. The quantitative estimate of drug-likeness (QED) is 0.896. The SMILES string of the molecule is COCc1csc(NC(=O)N2CCN3CCOC[C@@H]3C2)n1. The first-order valence-corrected chi connectivity index (χ1v) is 7.95. The molecule has 1 aromatic rings. The van der Waals surface area contributed by atoms with E-state index in [-0.39, 0.29) is 6.03 Å². The lowest BCUT2D eigenvalue weighted by Gasteiger charge is -2.43. The number of carbonyl (C=O) groups excluding carboxylic acids is 1. The van der Waals surface area contributed by atoms with Crippen molar-refractivity contribution in [2.45, 2.75) is 12.6 Å². The minimum Gasteiger partial charge on any atom is -0.378 e. The first-order chi connectivity index (χ1) is 10.3. The van der Waals surface area contributed by atoms with Crippen molar-refractivity contribution in [2.75, 3.05) is 51.8 Å². The van der Waals surface area contributed by atoms with E-state index in [0.29, 0.717) is 30.9 Å². The van der Waals surface area contributed by atoms with Crippen molar-refractivity contribution in [2.24, 2.45) is 0 Å². The molecule has 7 nitrogen and oxygen atoms in total. The van der Waals surface area contributed by atoms with Crippen molar-refractivity contribution in [3.63, 3.8) is 0 Å². The van der Waals surface area contributed by atoms with Gasteiger partial charge in [0.15, 0.2) is 5.13 Å². The number of thiazole rings is 1. The van der Waals surface area contributed by atoms with Crippen molar-refractivity contribution in [1.29, 1.82) is 0 Å². The zero-order chi connectivity index (χ0) is 14.7. The molecule has 116 valence electrons. The zero-order valence-electron chi connectivity index (χ0n) is 12.1. The summed E-state index contributed by atoms with van der Waals surface area (Å²) in [4.78, 5) is 20.9. The molecule has 0 bridgehead atoms. The van der Waals surface area contributed by atoms with Crippen molar-refractivity contribution < 1.29 is 14.3 Å². The third-order valence-corrected chi connectivity index (χ3v) is 4.59. The molecule has 0 saturated carbocycles. The van der Waals surface area contributed by atoms with Crippen molar-refractivity contribution in [3.05, 3.63) is 11.1 Å². The van der Waals surface area contributed by atoms with Crippen LogP contribution in [0.4, 0.5) is 9.93 Å². The molecule has 0 spiro atoms. The van der Waals surface area contributed by atoms with Gasteiger partial charge in [-0.25, -0.2) is 9.78 Å². The monoisotopic (exact) mass is 312 g/mol. The first kappa shape index (κ1) is 14.7. The van der Waals surface area contributed by atoms with Gasteiger partial charge in [0.1, 0.15) is 0 Å². The molecular formula is C13H20N4O3S. The van der Waals surface area contributed by atoms with E-state index in [1.807, 2.05) is 10.3 Å². The topological polar surface area (TPSA) is 66.9 Å². The highest BCUT2D eigenvalue weighted by atomic mass is 32.1. The van der Waals surface area contributed by atoms with Crippen LogP contribution in [0.5, 0.6) is 0 Å².